The molecule has 0 unspecified atom stereocenters. The Morgan fingerprint density at radius 3 is 2.48 bits per heavy atom. The lowest BCUT2D eigenvalue weighted by Crippen LogP contribution is -2.47. The monoisotopic (exact) mass is 307 g/mol. The maximum atomic E-state index is 12.7. The van der Waals surface area contributed by atoms with Crippen LogP contribution >= 0.6 is 11.3 Å². The number of amides is 1. The van der Waals surface area contributed by atoms with E-state index < -0.39 is 0 Å². The van der Waals surface area contributed by atoms with Gasteiger partial charge in [-0.05, 0) is 14.0 Å². The molecule has 0 saturated carbocycles. The number of carbonyl (C=O) groups excluding carboxylic acids is 1. The Hall–Kier alpha value is -1.47. The Balaban J connectivity index is 1.93. The molecule has 3 rings (SSSR count). The molecule has 6 nitrogen and oxygen atoms in total. The Morgan fingerprint density at radius 1 is 1.19 bits per heavy atom. The van der Waals surface area contributed by atoms with Gasteiger partial charge in [0, 0.05) is 37.8 Å². The van der Waals surface area contributed by atoms with E-state index in [0.717, 1.165) is 47.5 Å². The van der Waals surface area contributed by atoms with E-state index in [0.29, 0.717) is 5.92 Å². The van der Waals surface area contributed by atoms with E-state index in [1.165, 1.54) is 11.3 Å². The van der Waals surface area contributed by atoms with Gasteiger partial charge in [0.2, 0.25) is 4.96 Å². The van der Waals surface area contributed by atoms with E-state index in [2.05, 4.69) is 36.0 Å². The molecule has 0 aliphatic carbocycles. The third-order valence-corrected chi connectivity index (χ3v) is 5.14. The number of aromatic nitrogens is 3. The molecular weight excluding hydrogens is 286 g/mol. The minimum absolute atomic E-state index is 0.130. The summed E-state index contributed by atoms with van der Waals surface area (Å²) < 4.78 is 2.03. The smallest absolute Gasteiger partial charge is 0.265 e. The number of nitrogens with zero attached hydrogens (tertiary/aromatic N) is 5. The second-order valence-electron chi connectivity index (χ2n) is 5.94. The number of piperazine rings is 1. The standard InChI is InChI=1S/C14H21N5OS/c1-9(2)12-15-16-14-19(12)10(3)11(21-14)13(20)18-7-5-17(4)6-8-18/h9H,5-8H2,1-4H3. The molecule has 0 radical (unpaired) electrons. The molecule has 114 valence electrons. The van der Waals surface area contributed by atoms with Crippen molar-refractivity contribution in [3.05, 3.63) is 16.4 Å². The van der Waals surface area contributed by atoms with Crippen LogP contribution in [0, 0.1) is 6.92 Å². The number of likely N-dealkylation sites (N-methyl/N-ethyl adjacent to an activating group) is 1. The fourth-order valence-electron chi connectivity index (χ4n) is 2.65. The van der Waals surface area contributed by atoms with Gasteiger partial charge in [0.25, 0.3) is 5.91 Å². The number of rotatable bonds is 2. The van der Waals surface area contributed by atoms with Gasteiger partial charge in [0.05, 0.1) is 0 Å². The van der Waals surface area contributed by atoms with E-state index in [-0.39, 0.29) is 5.91 Å². The first kappa shape index (κ1) is 14.5. The van der Waals surface area contributed by atoms with Crippen LogP contribution in [0.1, 0.15) is 41.0 Å². The van der Waals surface area contributed by atoms with Gasteiger partial charge in [-0.15, -0.1) is 10.2 Å². The van der Waals surface area contributed by atoms with E-state index in [1.54, 1.807) is 0 Å². The molecule has 1 saturated heterocycles. The first-order valence-electron chi connectivity index (χ1n) is 7.31. The van der Waals surface area contributed by atoms with Gasteiger partial charge in [-0.25, -0.2) is 0 Å². The summed E-state index contributed by atoms with van der Waals surface area (Å²) in [5, 5.41) is 8.44. The lowest BCUT2D eigenvalue weighted by molar-refractivity contribution is 0.0668. The highest BCUT2D eigenvalue weighted by Crippen LogP contribution is 2.27. The second kappa shape index (κ2) is 5.38. The lowest BCUT2D eigenvalue weighted by atomic mass is 10.2. The fourth-order valence-corrected chi connectivity index (χ4v) is 3.70. The number of hydrogen-bond donors (Lipinski definition) is 0. The Morgan fingerprint density at radius 2 is 1.86 bits per heavy atom. The average molecular weight is 307 g/mol. The molecule has 0 N–H and O–H groups in total. The third kappa shape index (κ3) is 2.44. The van der Waals surface area contributed by atoms with Crippen molar-refractivity contribution in [1.82, 2.24) is 24.4 Å². The summed E-state index contributed by atoms with van der Waals surface area (Å²) in [5.74, 6) is 1.35. The van der Waals surface area contributed by atoms with Crippen LogP contribution < -0.4 is 0 Å². The van der Waals surface area contributed by atoms with Crippen molar-refractivity contribution in [3.8, 4) is 0 Å². The van der Waals surface area contributed by atoms with Crippen molar-refractivity contribution in [2.45, 2.75) is 26.7 Å². The zero-order valence-electron chi connectivity index (χ0n) is 13.0. The summed E-state index contributed by atoms with van der Waals surface area (Å²) in [4.78, 5) is 18.5. The summed E-state index contributed by atoms with van der Waals surface area (Å²) in [6.07, 6.45) is 0. The Kier molecular flexibility index (Phi) is 3.71. The van der Waals surface area contributed by atoms with Crippen LogP contribution in [0.5, 0.6) is 0 Å². The molecule has 1 fully saturated rings. The summed E-state index contributed by atoms with van der Waals surface area (Å²) >= 11 is 1.45. The van der Waals surface area contributed by atoms with Crippen molar-refractivity contribution < 1.29 is 4.79 Å². The summed E-state index contributed by atoms with van der Waals surface area (Å²) in [6, 6.07) is 0. The molecule has 1 aliphatic rings. The topological polar surface area (TPSA) is 53.7 Å². The molecular formula is C14H21N5OS. The largest absolute Gasteiger partial charge is 0.335 e. The van der Waals surface area contributed by atoms with Gasteiger partial charge in [-0.2, -0.15) is 0 Å². The molecule has 1 aliphatic heterocycles. The van der Waals surface area contributed by atoms with Gasteiger partial charge in [0.15, 0.2) is 0 Å². The number of fused-ring (bicyclic) bond motifs is 1. The average Bonchev–Trinajstić information content (AvgIpc) is 3.00. The van der Waals surface area contributed by atoms with Gasteiger partial charge in [-0.1, -0.05) is 25.2 Å². The molecule has 3 heterocycles. The van der Waals surface area contributed by atoms with Gasteiger partial charge < -0.3 is 9.80 Å². The second-order valence-corrected chi connectivity index (χ2v) is 6.92. The fraction of sp³-hybridized carbons (Fsp3) is 0.643. The van der Waals surface area contributed by atoms with Crippen LogP contribution in [0.2, 0.25) is 0 Å². The first-order chi connectivity index (χ1) is 9.99. The molecule has 21 heavy (non-hydrogen) atoms. The third-order valence-electron chi connectivity index (χ3n) is 4.02. The molecule has 7 heteroatoms. The minimum atomic E-state index is 0.130. The molecule has 2 aromatic rings. The van der Waals surface area contributed by atoms with Gasteiger partial charge >= 0.3 is 0 Å². The molecule has 0 atom stereocenters. The highest BCUT2D eigenvalue weighted by molar-refractivity contribution is 7.19. The number of aryl methyl sites for hydroxylation is 1. The maximum Gasteiger partial charge on any atom is 0.265 e. The predicted octanol–water partition coefficient (Wildman–Crippen LogP) is 1.61. The maximum absolute atomic E-state index is 12.7. The van der Waals surface area contributed by atoms with Gasteiger partial charge in [0.1, 0.15) is 10.7 Å². The van der Waals surface area contributed by atoms with Crippen molar-refractivity contribution in [3.63, 3.8) is 0 Å². The Labute approximate surface area is 128 Å². The number of carbonyl (C=O) groups is 1. The zero-order valence-corrected chi connectivity index (χ0v) is 13.8. The number of hydrogen-bond acceptors (Lipinski definition) is 5. The van der Waals surface area contributed by atoms with E-state index in [1.807, 2.05) is 16.2 Å². The minimum Gasteiger partial charge on any atom is -0.335 e. The number of thiazole rings is 1. The van der Waals surface area contributed by atoms with Crippen molar-refractivity contribution in [2.75, 3.05) is 33.2 Å². The first-order valence-corrected chi connectivity index (χ1v) is 8.13. The van der Waals surface area contributed by atoms with Crippen LogP contribution in [0.25, 0.3) is 4.96 Å². The highest BCUT2D eigenvalue weighted by Gasteiger charge is 2.26. The summed E-state index contributed by atoms with van der Waals surface area (Å²) in [7, 11) is 2.09. The molecule has 0 bridgehead atoms. The van der Waals surface area contributed by atoms with Crippen LogP contribution in [0.4, 0.5) is 0 Å². The molecule has 0 spiro atoms. The zero-order chi connectivity index (χ0) is 15.1. The van der Waals surface area contributed by atoms with Crippen LogP contribution in [0.3, 0.4) is 0 Å². The quantitative estimate of drug-likeness (QED) is 0.846. The van der Waals surface area contributed by atoms with E-state index >= 15 is 0 Å². The van der Waals surface area contributed by atoms with Crippen molar-refractivity contribution >= 4 is 22.2 Å². The Bertz CT molecular complexity index is 666. The summed E-state index contributed by atoms with van der Waals surface area (Å²) in [5.41, 5.74) is 0.965. The lowest BCUT2D eigenvalue weighted by Gasteiger charge is -2.32. The molecule has 1 amide bonds. The van der Waals surface area contributed by atoms with Crippen LogP contribution in [0.15, 0.2) is 0 Å². The van der Waals surface area contributed by atoms with Crippen molar-refractivity contribution in [1.29, 1.82) is 0 Å². The highest BCUT2D eigenvalue weighted by atomic mass is 32.1. The molecule has 2 aromatic heterocycles. The normalized spacial score (nSPS) is 17.1. The van der Waals surface area contributed by atoms with Crippen LogP contribution in [-0.2, 0) is 0 Å². The molecule has 0 aromatic carbocycles. The van der Waals surface area contributed by atoms with Crippen LogP contribution in [-0.4, -0.2) is 63.5 Å². The predicted molar refractivity (Wildman–Crippen MR) is 83.1 cm³/mol. The van der Waals surface area contributed by atoms with Gasteiger partial charge in [-0.3, -0.25) is 9.20 Å². The SMILES string of the molecule is Cc1c(C(=O)N2CCN(C)CC2)sc2nnc(C(C)C)n12. The van der Waals surface area contributed by atoms with E-state index in [9.17, 15) is 4.79 Å². The summed E-state index contributed by atoms with van der Waals surface area (Å²) in [6.45, 7) is 9.64. The van der Waals surface area contributed by atoms with Crippen molar-refractivity contribution in [2.24, 2.45) is 0 Å². The van der Waals surface area contributed by atoms with E-state index in [4.69, 9.17) is 0 Å².